The maximum Gasteiger partial charge on any atom is 0.199 e. The van der Waals surface area contributed by atoms with Crippen LogP contribution in [0.1, 0.15) is 42.0 Å². The summed E-state index contributed by atoms with van der Waals surface area (Å²) in [6.45, 7) is 8.95. The van der Waals surface area contributed by atoms with Gasteiger partial charge in [-0.25, -0.2) is 9.36 Å². The zero-order chi connectivity index (χ0) is 40.9. The molecule has 0 aliphatic carbocycles. The normalized spacial score (nSPS) is 14.2. The molecule has 9 heteroatoms. The fraction of sp³-hybridized carbons (Fsp3) is 0.176. The molecule has 1 atom stereocenters. The molecule has 9 nitrogen and oxygen atoms in total. The molecule has 0 saturated carbocycles. The number of benzene rings is 6. The standard InChI is InChI=1S/C28H27N3O2.C23H19N3O/c1-19-16-20(2)31(29-19)22-9-7-8-21(17-22)30-26-11-4-3-10-24(26)25-14-13-23(18-27(25)30)33-28-12-5-6-15-32-28;1-15-12-16(2)26(24-15)18-7-5-6-17(13-18)25-22-9-4-3-8-20(22)21-11-10-19(27)14-23(21)25/h3-4,7-11,13-14,16-18,28H,5-6,12,15H2,1-2H3;3-14,27H,1-2H3. The molecule has 1 fully saturated rings. The molecule has 4 aromatic heterocycles. The quantitative estimate of drug-likeness (QED) is 0.181. The molecule has 1 N–H and O–H groups in total. The Balaban J connectivity index is 0.000000147. The topological polar surface area (TPSA) is 84.2 Å². The zero-order valence-corrected chi connectivity index (χ0v) is 34.2. The van der Waals surface area contributed by atoms with E-state index < -0.39 is 0 Å². The minimum atomic E-state index is -0.164. The van der Waals surface area contributed by atoms with Crippen molar-refractivity contribution < 1.29 is 14.6 Å². The van der Waals surface area contributed by atoms with Crippen molar-refractivity contribution in [3.63, 3.8) is 0 Å². The van der Waals surface area contributed by atoms with Crippen LogP contribution in [0.4, 0.5) is 0 Å². The van der Waals surface area contributed by atoms with Crippen LogP contribution in [0.3, 0.4) is 0 Å². The average molecular weight is 791 g/mol. The van der Waals surface area contributed by atoms with Gasteiger partial charge in [-0.1, -0.05) is 48.5 Å². The van der Waals surface area contributed by atoms with Crippen LogP contribution in [-0.4, -0.2) is 46.7 Å². The number of hydrogen-bond donors (Lipinski definition) is 1. The Kier molecular flexibility index (Phi) is 9.45. The van der Waals surface area contributed by atoms with Gasteiger partial charge in [-0.2, -0.15) is 10.2 Å². The number of ether oxygens (including phenoxy) is 2. The lowest BCUT2D eigenvalue weighted by atomic mass is 10.1. The summed E-state index contributed by atoms with van der Waals surface area (Å²) in [5, 5.41) is 24.1. The molecule has 298 valence electrons. The highest BCUT2D eigenvalue weighted by Crippen LogP contribution is 2.36. The van der Waals surface area contributed by atoms with E-state index in [1.54, 1.807) is 6.07 Å². The fourth-order valence-corrected chi connectivity index (χ4v) is 8.80. The van der Waals surface area contributed by atoms with Gasteiger partial charge >= 0.3 is 0 Å². The van der Waals surface area contributed by atoms with Gasteiger partial charge in [0.2, 0.25) is 0 Å². The molecule has 0 amide bonds. The van der Waals surface area contributed by atoms with Crippen LogP contribution < -0.4 is 4.74 Å². The van der Waals surface area contributed by atoms with Crippen LogP contribution in [-0.2, 0) is 4.74 Å². The van der Waals surface area contributed by atoms with Gasteiger partial charge in [-0.15, -0.1) is 0 Å². The summed E-state index contributed by atoms with van der Waals surface area (Å²) in [5.74, 6) is 1.11. The molecule has 1 aliphatic heterocycles. The Bertz CT molecular complexity index is 3200. The Labute approximate surface area is 348 Å². The summed E-state index contributed by atoms with van der Waals surface area (Å²) in [7, 11) is 0. The Hall–Kier alpha value is -7.10. The molecule has 1 saturated heterocycles. The monoisotopic (exact) mass is 790 g/mol. The minimum absolute atomic E-state index is 0.164. The van der Waals surface area contributed by atoms with Gasteiger partial charge in [0.15, 0.2) is 6.29 Å². The molecule has 1 unspecified atom stereocenters. The largest absolute Gasteiger partial charge is 0.508 e. The average Bonchev–Trinajstić information content (AvgIpc) is 3.99. The summed E-state index contributed by atoms with van der Waals surface area (Å²) >= 11 is 0. The third-order valence-electron chi connectivity index (χ3n) is 11.4. The molecule has 6 aromatic carbocycles. The number of rotatable bonds is 6. The van der Waals surface area contributed by atoms with Crippen molar-refractivity contribution in [2.24, 2.45) is 0 Å². The molecule has 10 aromatic rings. The van der Waals surface area contributed by atoms with Gasteiger partial charge in [-0.05, 0) is 125 Å². The molecule has 5 heterocycles. The summed E-state index contributed by atoms with van der Waals surface area (Å²) in [4.78, 5) is 0. The summed E-state index contributed by atoms with van der Waals surface area (Å²) in [6, 6.07) is 49.8. The smallest absolute Gasteiger partial charge is 0.199 e. The van der Waals surface area contributed by atoms with Gasteiger partial charge in [0.05, 0.1) is 51.4 Å². The first kappa shape index (κ1) is 37.2. The first-order chi connectivity index (χ1) is 29.3. The second-order valence-corrected chi connectivity index (χ2v) is 15.7. The third kappa shape index (κ3) is 6.76. The van der Waals surface area contributed by atoms with Crippen LogP contribution >= 0.6 is 0 Å². The van der Waals surface area contributed by atoms with Crippen LogP contribution in [0.5, 0.6) is 11.5 Å². The van der Waals surface area contributed by atoms with Crippen molar-refractivity contribution in [2.75, 3.05) is 6.61 Å². The van der Waals surface area contributed by atoms with Crippen LogP contribution in [0.2, 0.25) is 0 Å². The molecular weight excluding hydrogens is 745 g/mol. The van der Waals surface area contributed by atoms with Crippen molar-refractivity contribution in [2.45, 2.75) is 53.2 Å². The predicted molar refractivity (Wildman–Crippen MR) is 241 cm³/mol. The molecule has 0 spiro atoms. The number of fused-ring (bicyclic) bond motifs is 6. The van der Waals surface area contributed by atoms with E-state index in [1.165, 1.54) is 21.7 Å². The second kappa shape index (κ2) is 15.3. The molecule has 0 bridgehead atoms. The number of phenols is 1. The van der Waals surface area contributed by atoms with Crippen LogP contribution in [0, 0.1) is 27.7 Å². The van der Waals surface area contributed by atoms with Crippen molar-refractivity contribution in [1.29, 1.82) is 0 Å². The summed E-state index contributed by atoms with van der Waals surface area (Å²) in [5.41, 5.74) is 12.8. The van der Waals surface area contributed by atoms with E-state index in [1.807, 2.05) is 53.5 Å². The van der Waals surface area contributed by atoms with Gasteiger partial charge in [-0.3, -0.25) is 0 Å². The maximum absolute atomic E-state index is 10.1. The second-order valence-electron chi connectivity index (χ2n) is 15.7. The van der Waals surface area contributed by atoms with E-state index in [2.05, 4.69) is 142 Å². The molecule has 1 aliphatic rings. The SMILES string of the molecule is Cc1cc(C)n(-c2cccc(-n3c4ccccc4c4ccc(O)cc43)c2)n1.Cc1cc(C)n(-c2cccc(-n3c4ccccc4c4ccc(OC5CCCCO5)cc43)c2)n1. The van der Waals surface area contributed by atoms with E-state index in [0.29, 0.717) is 0 Å². The lowest BCUT2D eigenvalue weighted by molar-refractivity contribution is -0.105. The van der Waals surface area contributed by atoms with Gasteiger partial charge in [0, 0.05) is 62.9 Å². The summed E-state index contributed by atoms with van der Waals surface area (Å²) < 4.78 is 20.5. The van der Waals surface area contributed by atoms with Crippen molar-refractivity contribution in [3.05, 3.63) is 168 Å². The highest BCUT2D eigenvalue weighted by atomic mass is 16.7. The number of aryl methyl sites for hydroxylation is 4. The van der Waals surface area contributed by atoms with E-state index in [4.69, 9.17) is 9.47 Å². The van der Waals surface area contributed by atoms with Crippen molar-refractivity contribution in [3.8, 4) is 34.2 Å². The van der Waals surface area contributed by atoms with Crippen molar-refractivity contribution in [1.82, 2.24) is 28.7 Å². The maximum atomic E-state index is 10.1. The Morgan fingerprint density at radius 2 is 1.03 bits per heavy atom. The van der Waals surface area contributed by atoms with Crippen LogP contribution in [0.25, 0.3) is 66.4 Å². The van der Waals surface area contributed by atoms with Gasteiger partial charge in [0.25, 0.3) is 0 Å². The highest BCUT2D eigenvalue weighted by Gasteiger charge is 2.19. The number of phenolic OH excluding ortho intramolecular Hbond substituents is 1. The number of aromatic nitrogens is 6. The lowest BCUT2D eigenvalue weighted by Crippen LogP contribution is -2.24. The molecule has 11 rings (SSSR count). The Morgan fingerprint density at radius 1 is 0.517 bits per heavy atom. The number of hydrogen-bond acceptors (Lipinski definition) is 5. The molecular formula is C51H46N6O3. The zero-order valence-electron chi connectivity index (χ0n) is 34.2. The first-order valence-electron chi connectivity index (χ1n) is 20.6. The number of para-hydroxylation sites is 2. The first-order valence-corrected chi connectivity index (χ1v) is 20.6. The third-order valence-corrected chi connectivity index (χ3v) is 11.4. The van der Waals surface area contributed by atoms with Gasteiger partial charge < -0.3 is 23.7 Å². The lowest BCUT2D eigenvalue weighted by Gasteiger charge is -2.23. The fourth-order valence-electron chi connectivity index (χ4n) is 8.80. The van der Waals surface area contributed by atoms with E-state index >= 15 is 0 Å². The minimum Gasteiger partial charge on any atom is -0.508 e. The van der Waals surface area contributed by atoms with E-state index in [0.717, 1.165) is 99.1 Å². The van der Waals surface area contributed by atoms with Crippen molar-refractivity contribution >= 4 is 43.6 Å². The number of aromatic hydroxyl groups is 1. The highest BCUT2D eigenvalue weighted by molar-refractivity contribution is 6.10. The van der Waals surface area contributed by atoms with E-state index in [-0.39, 0.29) is 12.0 Å². The molecule has 60 heavy (non-hydrogen) atoms. The van der Waals surface area contributed by atoms with E-state index in [9.17, 15) is 5.11 Å². The Morgan fingerprint density at radius 3 is 1.57 bits per heavy atom. The van der Waals surface area contributed by atoms with Crippen LogP contribution in [0.15, 0.2) is 146 Å². The van der Waals surface area contributed by atoms with Gasteiger partial charge in [0.1, 0.15) is 11.5 Å². The number of nitrogens with zero attached hydrogens (tertiary/aromatic N) is 6. The summed E-state index contributed by atoms with van der Waals surface area (Å²) in [6.07, 6.45) is 3.03. The molecule has 0 radical (unpaired) electrons. The predicted octanol–water partition coefficient (Wildman–Crippen LogP) is 11.8.